The Morgan fingerprint density at radius 3 is 2.59 bits per heavy atom. The van der Waals surface area contributed by atoms with Gasteiger partial charge < -0.3 is 10.2 Å². The van der Waals surface area contributed by atoms with Crippen molar-refractivity contribution in [1.29, 1.82) is 0 Å². The number of fused-ring (bicyclic) bond motifs is 1. The fourth-order valence-corrected chi connectivity index (χ4v) is 4.04. The third-order valence-corrected chi connectivity index (χ3v) is 5.40. The number of nitrogens with zero attached hydrogens (tertiary/aromatic N) is 1. The van der Waals surface area contributed by atoms with Gasteiger partial charge in [-0.05, 0) is 60.9 Å². The molecule has 0 atom stereocenters. The largest absolute Gasteiger partial charge is 0.326 e. The Kier molecular flexibility index (Phi) is 6.99. The molecule has 4 rings (SSSR count). The van der Waals surface area contributed by atoms with E-state index in [0.717, 1.165) is 24.4 Å². The molecule has 2 aliphatic heterocycles. The molecule has 0 spiro atoms. The lowest BCUT2D eigenvalue weighted by atomic mass is 9.90. The molecule has 2 heterocycles. The number of nitrogens with one attached hydrogen (secondary N) is 1. The molecule has 1 fully saturated rings. The van der Waals surface area contributed by atoms with Crippen LogP contribution in [0.1, 0.15) is 29.5 Å². The number of hydrogen-bond acceptors (Lipinski definition) is 2. The quantitative estimate of drug-likeness (QED) is 0.826. The number of benzene rings is 2. The number of carbonyl (C=O) groups excluding carboxylic acids is 1. The van der Waals surface area contributed by atoms with Crippen LogP contribution in [0.25, 0.3) is 0 Å². The van der Waals surface area contributed by atoms with Crippen molar-refractivity contribution in [2.45, 2.75) is 32.1 Å². The number of carbonyl (C=O) groups is 1. The molecule has 0 bridgehead atoms. The van der Waals surface area contributed by atoms with E-state index < -0.39 is 0 Å². The van der Waals surface area contributed by atoms with Gasteiger partial charge in [-0.1, -0.05) is 42.5 Å². The van der Waals surface area contributed by atoms with E-state index >= 15 is 0 Å². The summed E-state index contributed by atoms with van der Waals surface area (Å²) < 4.78 is 9.50. The van der Waals surface area contributed by atoms with Crippen LogP contribution in [0.15, 0.2) is 48.5 Å². The summed E-state index contributed by atoms with van der Waals surface area (Å²) >= 11 is 0. The topological polar surface area (TPSA) is 32.3 Å². The molecule has 1 saturated heterocycles. The summed E-state index contributed by atoms with van der Waals surface area (Å²) in [6.45, 7) is 3.66. The summed E-state index contributed by atoms with van der Waals surface area (Å²) in [5, 5.41) is 2.96. The summed E-state index contributed by atoms with van der Waals surface area (Å²) in [6.07, 6.45) is 5.09. The molecule has 0 aromatic heterocycles. The maximum atomic E-state index is 11.4. The van der Waals surface area contributed by atoms with Crippen LogP contribution in [0.2, 0.25) is 0 Å². The third kappa shape index (κ3) is 5.39. The van der Waals surface area contributed by atoms with Crippen LogP contribution < -0.4 is 5.32 Å². The molecule has 2 aromatic rings. The van der Waals surface area contributed by atoms with Crippen LogP contribution in [0.3, 0.4) is 0 Å². The lowest BCUT2D eigenvalue weighted by molar-refractivity contribution is -0.116. The highest BCUT2D eigenvalue weighted by molar-refractivity contribution is 5.93. The molecule has 0 radical (unpaired) electrons. The van der Waals surface area contributed by atoms with Gasteiger partial charge in [-0.15, -0.1) is 0 Å². The van der Waals surface area contributed by atoms with Crippen molar-refractivity contribution in [2.24, 2.45) is 5.92 Å². The van der Waals surface area contributed by atoms with Gasteiger partial charge in [0.1, 0.15) is 0 Å². The smallest absolute Gasteiger partial charge is 0.224 e. The highest BCUT2D eigenvalue weighted by Crippen LogP contribution is 2.27. The van der Waals surface area contributed by atoms with Gasteiger partial charge in [0.25, 0.3) is 0 Å². The maximum absolute atomic E-state index is 11.4. The van der Waals surface area contributed by atoms with E-state index in [1.54, 1.807) is 0 Å². The number of rotatable bonds is 6. The summed E-state index contributed by atoms with van der Waals surface area (Å²) in [5.74, 6) is 0.929. The van der Waals surface area contributed by atoms with Crippen molar-refractivity contribution in [1.82, 2.24) is 4.90 Å². The van der Waals surface area contributed by atoms with E-state index in [-0.39, 0.29) is 5.91 Å². The van der Waals surface area contributed by atoms with Gasteiger partial charge in [-0.2, -0.15) is 0 Å². The summed E-state index contributed by atoms with van der Waals surface area (Å²) in [5.41, 5.74) is 5.18. The number of likely N-dealkylation sites (tertiary alicyclic amines) is 1. The van der Waals surface area contributed by atoms with Gasteiger partial charge in [0, 0.05) is 25.2 Å². The van der Waals surface area contributed by atoms with Crippen LogP contribution in [-0.2, 0) is 24.1 Å². The Hall–Kier alpha value is -2.20. The molecule has 144 valence electrons. The normalized spacial score (nSPS) is 16.6. The van der Waals surface area contributed by atoms with Crippen LogP contribution in [-0.4, -0.2) is 37.6 Å². The Bertz CT molecular complexity index is 741. The monoisotopic (exact) mass is 368 g/mol. The molecule has 1 amide bonds. The number of anilines is 1. The third-order valence-electron chi connectivity index (χ3n) is 5.40. The van der Waals surface area contributed by atoms with Gasteiger partial charge in [-0.3, -0.25) is 9.18 Å². The summed E-state index contributed by atoms with van der Waals surface area (Å²) in [7, 11) is 0.500. The second-order valence-electron chi connectivity index (χ2n) is 7.46. The van der Waals surface area contributed by atoms with Crippen molar-refractivity contribution in [3.05, 3.63) is 65.2 Å². The van der Waals surface area contributed by atoms with Crippen molar-refractivity contribution in [3.8, 4) is 0 Å². The Morgan fingerprint density at radius 1 is 1.04 bits per heavy atom. The van der Waals surface area contributed by atoms with Gasteiger partial charge in [0.15, 0.2) is 0 Å². The van der Waals surface area contributed by atoms with Crippen molar-refractivity contribution >= 4 is 11.6 Å². The first-order chi connectivity index (χ1) is 13.3. The van der Waals surface area contributed by atoms with Gasteiger partial charge >= 0.3 is 0 Å². The Labute approximate surface area is 161 Å². The van der Waals surface area contributed by atoms with E-state index in [1.165, 1.54) is 49.2 Å². The zero-order chi connectivity index (χ0) is 19.1. The van der Waals surface area contributed by atoms with Crippen molar-refractivity contribution in [2.75, 3.05) is 32.1 Å². The molecule has 1 N–H and O–H groups in total. The standard InChI is InChI=1S/C22H26N2O.CH3F/c25-22-11-9-20-14-18(8-10-21(20)23-22)13-19-15-24(16-19)12-4-7-17-5-2-1-3-6-17;1-2/h1-3,5-6,8,10,14,19H,4,7,9,11-13,15-16H2,(H,23,25);1H3. The predicted molar refractivity (Wildman–Crippen MR) is 109 cm³/mol. The van der Waals surface area contributed by atoms with Crippen LogP contribution >= 0.6 is 0 Å². The minimum atomic E-state index is 0.144. The zero-order valence-corrected chi connectivity index (χ0v) is 16.1. The van der Waals surface area contributed by atoms with E-state index in [9.17, 15) is 9.18 Å². The zero-order valence-electron chi connectivity index (χ0n) is 16.1. The number of alkyl halides is 1. The molecule has 4 heteroatoms. The van der Waals surface area contributed by atoms with Gasteiger partial charge in [-0.25, -0.2) is 0 Å². The molecule has 27 heavy (non-hydrogen) atoms. The SMILES string of the molecule is CF.O=C1CCc2cc(CC3CN(CCCc4ccccc4)C3)ccc2N1. The Balaban J connectivity index is 0.00000102. The van der Waals surface area contributed by atoms with Crippen molar-refractivity contribution in [3.63, 3.8) is 0 Å². The number of amides is 1. The predicted octanol–water partition coefficient (Wildman–Crippen LogP) is 4.26. The summed E-state index contributed by atoms with van der Waals surface area (Å²) in [4.78, 5) is 14.0. The number of halogens is 1. The average Bonchev–Trinajstić information content (AvgIpc) is 2.68. The lowest BCUT2D eigenvalue weighted by Gasteiger charge is -2.39. The first-order valence-corrected chi connectivity index (χ1v) is 9.82. The molecular formula is C23H29FN2O. The van der Waals surface area contributed by atoms with E-state index in [4.69, 9.17) is 0 Å². The molecule has 3 nitrogen and oxygen atoms in total. The molecule has 0 unspecified atom stereocenters. The van der Waals surface area contributed by atoms with Gasteiger partial charge in [0.2, 0.25) is 5.91 Å². The minimum absolute atomic E-state index is 0.144. The van der Waals surface area contributed by atoms with E-state index in [2.05, 4.69) is 58.7 Å². The maximum Gasteiger partial charge on any atom is 0.224 e. The number of hydrogen-bond donors (Lipinski definition) is 1. The minimum Gasteiger partial charge on any atom is -0.326 e. The lowest BCUT2D eigenvalue weighted by Crippen LogP contribution is -2.47. The second-order valence-corrected chi connectivity index (χ2v) is 7.46. The Morgan fingerprint density at radius 2 is 1.81 bits per heavy atom. The molecule has 2 aliphatic rings. The highest BCUT2D eigenvalue weighted by Gasteiger charge is 2.26. The fraction of sp³-hybridized carbons (Fsp3) is 0.435. The number of aryl methyl sites for hydroxylation is 2. The molecule has 2 aromatic carbocycles. The van der Waals surface area contributed by atoms with Crippen LogP contribution in [0, 0.1) is 5.92 Å². The average molecular weight is 368 g/mol. The van der Waals surface area contributed by atoms with Crippen molar-refractivity contribution < 1.29 is 9.18 Å². The first kappa shape index (κ1) is 19.6. The van der Waals surface area contributed by atoms with Crippen LogP contribution in [0.4, 0.5) is 10.1 Å². The van der Waals surface area contributed by atoms with Gasteiger partial charge in [0.05, 0.1) is 7.18 Å². The molecule has 0 aliphatic carbocycles. The molecular weight excluding hydrogens is 339 g/mol. The second kappa shape index (κ2) is 9.65. The van der Waals surface area contributed by atoms with E-state index in [1.807, 2.05) is 0 Å². The van der Waals surface area contributed by atoms with E-state index in [0.29, 0.717) is 13.6 Å². The highest BCUT2D eigenvalue weighted by atomic mass is 19.1. The fourth-order valence-electron chi connectivity index (χ4n) is 4.04. The summed E-state index contributed by atoms with van der Waals surface area (Å²) in [6, 6.07) is 17.3. The first-order valence-electron chi connectivity index (χ1n) is 9.82. The molecule has 0 saturated carbocycles. The van der Waals surface area contributed by atoms with Crippen LogP contribution in [0.5, 0.6) is 0 Å².